The van der Waals surface area contributed by atoms with Crippen molar-refractivity contribution in [2.24, 2.45) is 0 Å². The van der Waals surface area contributed by atoms with Crippen LogP contribution in [0.3, 0.4) is 0 Å². The van der Waals surface area contributed by atoms with E-state index in [4.69, 9.17) is 0 Å². The number of rotatable bonds is 8. The number of para-hydroxylation sites is 1. The molecule has 4 nitrogen and oxygen atoms in total. The number of benzene rings is 2. The molecule has 0 fully saturated rings. The molecule has 0 aliphatic rings. The first-order valence-electron chi connectivity index (χ1n) is 8.80. The van der Waals surface area contributed by atoms with E-state index in [9.17, 15) is 5.11 Å². The molecule has 3 N–H and O–H groups in total. The molecule has 0 amide bonds. The predicted molar refractivity (Wildman–Crippen MR) is 101 cm³/mol. The Labute approximate surface area is 167 Å². The lowest BCUT2D eigenvalue weighted by Crippen LogP contribution is -3.00. The van der Waals surface area contributed by atoms with Crippen molar-refractivity contribution in [2.45, 2.75) is 33.0 Å². The van der Waals surface area contributed by atoms with Gasteiger partial charge in [-0.1, -0.05) is 24.3 Å². The maximum atomic E-state index is 9.21. The van der Waals surface area contributed by atoms with E-state index in [-0.39, 0.29) is 30.9 Å². The van der Waals surface area contributed by atoms with Crippen LogP contribution < -0.4 is 35.4 Å². The minimum atomic E-state index is -0.289. The van der Waals surface area contributed by atoms with Crippen LogP contribution in [0.4, 0.5) is 0 Å². The van der Waals surface area contributed by atoms with E-state index >= 15 is 0 Å². The summed E-state index contributed by atoms with van der Waals surface area (Å²) in [7, 11) is 0. The van der Waals surface area contributed by atoms with Crippen molar-refractivity contribution in [2.75, 3.05) is 19.6 Å². The second-order valence-corrected chi connectivity index (χ2v) is 6.34. The summed E-state index contributed by atoms with van der Waals surface area (Å²) < 4.78 is 2.38. The fraction of sp³-hybridized carbons (Fsp3) is 0.400. The van der Waals surface area contributed by atoms with Crippen LogP contribution in [-0.2, 0) is 13.1 Å². The van der Waals surface area contributed by atoms with Gasteiger partial charge in [-0.25, -0.2) is 0 Å². The van der Waals surface area contributed by atoms with Crippen LogP contribution in [0.15, 0.2) is 42.5 Å². The average Bonchev–Trinajstić information content (AvgIpc) is 2.91. The highest BCUT2D eigenvalue weighted by atomic mass is 35.5. The lowest BCUT2D eigenvalue weighted by Gasteiger charge is -2.08. The number of halogens is 2. The smallest absolute Gasteiger partial charge is 0.0636 e. The molecule has 6 heteroatoms. The summed E-state index contributed by atoms with van der Waals surface area (Å²) in [5, 5.41) is 18.6. The minimum absolute atomic E-state index is 0. The number of aromatic nitrogens is 1. The molecule has 1 heterocycles. The van der Waals surface area contributed by atoms with Gasteiger partial charge in [0, 0.05) is 54.5 Å². The van der Waals surface area contributed by atoms with E-state index < -0.39 is 0 Å². The van der Waals surface area contributed by atoms with Crippen LogP contribution >= 0.6 is 0 Å². The molecule has 0 spiro atoms. The van der Waals surface area contributed by atoms with E-state index in [0.717, 1.165) is 26.2 Å². The fourth-order valence-electron chi connectivity index (χ4n) is 3.27. The van der Waals surface area contributed by atoms with Crippen LogP contribution in [0.5, 0.6) is 0 Å². The van der Waals surface area contributed by atoms with Crippen molar-refractivity contribution < 1.29 is 29.9 Å². The Bertz CT molecular complexity index is 817. The summed E-state index contributed by atoms with van der Waals surface area (Å²) >= 11 is 0. The van der Waals surface area contributed by atoms with Gasteiger partial charge in [0.05, 0.1) is 6.10 Å². The Morgan fingerprint density at radius 2 is 1.65 bits per heavy atom. The predicted octanol–water partition coefficient (Wildman–Crippen LogP) is -3.12. The Balaban J connectivity index is 0.00000169. The molecule has 0 aliphatic heterocycles. The lowest BCUT2D eigenvalue weighted by atomic mass is 10.1. The van der Waals surface area contributed by atoms with Crippen molar-refractivity contribution in [3.8, 4) is 0 Å². The highest BCUT2D eigenvalue weighted by molar-refractivity contribution is 6.08. The number of nitrogens with zero attached hydrogens (tertiary/aromatic N) is 1. The van der Waals surface area contributed by atoms with Crippen molar-refractivity contribution in [3.05, 3.63) is 48.0 Å². The topological polar surface area (TPSA) is 49.2 Å². The Kier molecular flexibility index (Phi) is 9.41. The van der Waals surface area contributed by atoms with Crippen LogP contribution in [0.25, 0.3) is 21.8 Å². The number of aliphatic hydroxyl groups excluding tert-OH is 1. The molecule has 0 bridgehead atoms. The van der Waals surface area contributed by atoms with E-state index in [2.05, 4.69) is 64.6 Å². The highest BCUT2D eigenvalue weighted by Crippen LogP contribution is 2.29. The van der Waals surface area contributed by atoms with Crippen molar-refractivity contribution >= 4 is 21.8 Å². The zero-order valence-electron chi connectivity index (χ0n) is 15.3. The summed E-state index contributed by atoms with van der Waals surface area (Å²) in [6, 6.07) is 15.4. The number of aliphatic hydroxyl groups is 1. The Morgan fingerprint density at radius 1 is 0.962 bits per heavy atom. The van der Waals surface area contributed by atoms with Gasteiger partial charge in [-0.3, -0.25) is 0 Å². The fourth-order valence-corrected chi connectivity index (χ4v) is 3.27. The van der Waals surface area contributed by atoms with Gasteiger partial charge in [0.1, 0.15) is 0 Å². The molecule has 144 valence electrons. The first kappa shape index (κ1) is 22.7. The molecular formula is C20H27Cl2N3O-2. The second-order valence-electron chi connectivity index (χ2n) is 6.34. The number of fused-ring (bicyclic) bond motifs is 3. The lowest BCUT2D eigenvalue weighted by molar-refractivity contribution is -0.001000. The van der Waals surface area contributed by atoms with E-state index in [1.54, 1.807) is 6.92 Å². The van der Waals surface area contributed by atoms with E-state index in [1.165, 1.54) is 27.4 Å². The zero-order chi connectivity index (χ0) is 16.9. The van der Waals surface area contributed by atoms with Gasteiger partial charge in [-0.05, 0) is 37.6 Å². The van der Waals surface area contributed by atoms with Gasteiger partial charge in [-0.2, -0.15) is 0 Å². The quantitative estimate of drug-likeness (QED) is 0.354. The summed E-state index contributed by atoms with van der Waals surface area (Å²) in [5.41, 5.74) is 3.92. The van der Waals surface area contributed by atoms with Crippen molar-refractivity contribution in [1.82, 2.24) is 15.2 Å². The molecule has 26 heavy (non-hydrogen) atoms. The first-order chi connectivity index (χ1) is 11.7. The van der Waals surface area contributed by atoms with Crippen molar-refractivity contribution in [1.29, 1.82) is 0 Å². The maximum absolute atomic E-state index is 9.21. The molecule has 0 saturated carbocycles. The van der Waals surface area contributed by atoms with E-state index in [0.29, 0.717) is 6.54 Å². The van der Waals surface area contributed by atoms with Crippen LogP contribution in [0, 0.1) is 0 Å². The zero-order valence-corrected chi connectivity index (χ0v) is 16.8. The van der Waals surface area contributed by atoms with E-state index in [1.807, 2.05) is 0 Å². The first-order valence-corrected chi connectivity index (χ1v) is 8.80. The molecular weight excluding hydrogens is 369 g/mol. The van der Waals surface area contributed by atoms with Gasteiger partial charge in [0.25, 0.3) is 0 Å². The second kappa shape index (κ2) is 10.8. The van der Waals surface area contributed by atoms with Crippen LogP contribution in [-0.4, -0.2) is 35.4 Å². The minimum Gasteiger partial charge on any atom is -1.00 e. The molecule has 0 radical (unpaired) electrons. The summed E-state index contributed by atoms with van der Waals surface area (Å²) in [6.07, 6.45) is -0.289. The molecule has 1 unspecified atom stereocenters. The summed E-state index contributed by atoms with van der Waals surface area (Å²) in [4.78, 5) is 0. The summed E-state index contributed by atoms with van der Waals surface area (Å²) in [6.45, 7) is 8.23. The molecule has 2 aromatic carbocycles. The standard InChI is InChI=1S/C20H27N3O.2ClH/c1-3-23-19-7-5-4-6-17(19)18-12-16(8-9-20(18)23)14-22-11-10-21-13-15(2)24;;/h4-9,12,15,21-22,24H,3,10-11,13-14H2,1-2H3;2*1H/p-2. The third kappa shape index (κ3) is 5.12. The van der Waals surface area contributed by atoms with Gasteiger partial charge in [0.15, 0.2) is 0 Å². The molecule has 1 aromatic heterocycles. The highest BCUT2D eigenvalue weighted by Gasteiger charge is 2.09. The Morgan fingerprint density at radius 3 is 2.38 bits per heavy atom. The molecule has 3 aromatic rings. The average molecular weight is 396 g/mol. The van der Waals surface area contributed by atoms with Gasteiger partial charge in [-0.15, -0.1) is 0 Å². The largest absolute Gasteiger partial charge is 1.00 e. The van der Waals surface area contributed by atoms with Gasteiger partial charge < -0.3 is 45.1 Å². The van der Waals surface area contributed by atoms with Crippen molar-refractivity contribution in [3.63, 3.8) is 0 Å². The number of aryl methyl sites for hydroxylation is 1. The third-order valence-corrected chi connectivity index (χ3v) is 4.40. The monoisotopic (exact) mass is 395 g/mol. The van der Waals surface area contributed by atoms with Crippen LogP contribution in [0.1, 0.15) is 19.4 Å². The normalized spacial score (nSPS) is 12.0. The maximum Gasteiger partial charge on any atom is 0.0636 e. The van der Waals surface area contributed by atoms with Gasteiger partial charge >= 0.3 is 0 Å². The van der Waals surface area contributed by atoms with Gasteiger partial charge in [0.2, 0.25) is 0 Å². The molecule has 0 aliphatic carbocycles. The number of hydrogen-bond acceptors (Lipinski definition) is 3. The Hall–Kier alpha value is -1.30. The summed E-state index contributed by atoms with van der Waals surface area (Å²) in [5.74, 6) is 0. The van der Waals surface area contributed by atoms with Crippen LogP contribution in [0.2, 0.25) is 0 Å². The number of nitrogens with one attached hydrogen (secondary N) is 2. The molecule has 3 rings (SSSR count). The molecule has 0 saturated heterocycles. The SMILES string of the molecule is CCn1c2ccccc2c2cc(CNCCNCC(C)O)ccc21.[Cl-].[Cl-]. The third-order valence-electron chi connectivity index (χ3n) is 4.40. The molecule has 1 atom stereocenters. The number of hydrogen-bond donors (Lipinski definition) is 3.